The lowest BCUT2D eigenvalue weighted by Gasteiger charge is -2.22. The molecule has 0 spiro atoms. The largest absolute Gasteiger partial charge is 0.483 e. The molecule has 5 heteroatoms. The van der Waals surface area contributed by atoms with Gasteiger partial charge in [0, 0.05) is 12.0 Å². The first-order valence-electron chi connectivity index (χ1n) is 8.09. The summed E-state index contributed by atoms with van der Waals surface area (Å²) in [4.78, 5) is 12.1. The van der Waals surface area contributed by atoms with E-state index in [1.165, 1.54) is 0 Å². The van der Waals surface area contributed by atoms with Gasteiger partial charge in [-0.25, -0.2) is 0 Å². The first-order valence-corrected chi connectivity index (χ1v) is 8.09. The molecule has 0 aromatic heterocycles. The molecule has 1 aromatic rings. The van der Waals surface area contributed by atoms with Crippen LogP contribution in [0, 0.1) is 11.3 Å². The molecule has 23 heavy (non-hydrogen) atoms. The van der Waals surface area contributed by atoms with Crippen molar-refractivity contribution in [1.29, 1.82) is 5.26 Å². The quantitative estimate of drug-likeness (QED) is 0.927. The molecule has 0 radical (unpaired) electrons. The van der Waals surface area contributed by atoms with Gasteiger partial charge in [0.2, 0.25) is 0 Å². The second kappa shape index (κ2) is 5.77. The van der Waals surface area contributed by atoms with Gasteiger partial charge >= 0.3 is 0 Å². The van der Waals surface area contributed by atoms with Crippen molar-refractivity contribution in [3.05, 3.63) is 23.8 Å². The lowest BCUT2D eigenvalue weighted by atomic mass is 10.00. The zero-order chi connectivity index (χ0) is 16.5. The number of hydrogen-bond acceptors (Lipinski definition) is 4. The predicted octanol–water partition coefficient (Wildman–Crippen LogP) is 2.73. The van der Waals surface area contributed by atoms with E-state index in [-0.39, 0.29) is 18.1 Å². The molecule has 1 aliphatic heterocycles. The van der Waals surface area contributed by atoms with Crippen LogP contribution in [0.4, 0.5) is 0 Å². The molecule has 0 unspecified atom stereocenters. The SMILES string of the molecule is CC1(C)Cc2cccc(OCC(=O)NC3(C#N)CCCC3)c2O1. The van der Waals surface area contributed by atoms with Gasteiger partial charge < -0.3 is 14.8 Å². The Balaban J connectivity index is 1.63. The van der Waals surface area contributed by atoms with Crippen LogP contribution < -0.4 is 14.8 Å². The molecule has 1 saturated carbocycles. The summed E-state index contributed by atoms with van der Waals surface area (Å²) < 4.78 is 11.6. The fraction of sp³-hybridized carbons (Fsp3) is 0.556. The molecule has 1 amide bonds. The zero-order valence-electron chi connectivity index (χ0n) is 13.6. The van der Waals surface area contributed by atoms with Crippen molar-refractivity contribution in [2.24, 2.45) is 0 Å². The molecule has 1 heterocycles. The third-order valence-corrected chi connectivity index (χ3v) is 4.46. The monoisotopic (exact) mass is 314 g/mol. The number of amides is 1. The van der Waals surface area contributed by atoms with E-state index in [9.17, 15) is 10.1 Å². The molecule has 2 aliphatic rings. The molecule has 0 saturated heterocycles. The van der Waals surface area contributed by atoms with Crippen LogP contribution in [0.15, 0.2) is 18.2 Å². The van der Waals surface area contributed by atoms with Crippen molar-refractivity contribution in [1.82, 2.24) is 5.32 Å². The van der Waals surface area contributed by atoms with Gasteiger partial charge in [0.25, 0.3) is 5.91 Å². The van der Waals surface area contributed by atoms with Gasteiger partial charge in [-0.15, -0.1) is 0 Å². The topological polar surface area (TPSA) is 71.3 Å². The van der Waals surface area contributed by atoms with Gasteiger partial charge in [-0.3, -0.25) is 4.79 Å². The summed E-state index contributed by atoms with van der Waals surface area (Å²) in [5.74, 6) is 1.05. The first kappa shape index (κ1) is 15.7. The fourth-order valence-electron chi connectivity index (χ4n) is 3.39. The van der Waals surface area contributed by atoms with Crippen LogP contribution in [-0.2, 0) is 11.2 Å². The average Bonchev–Trinajstić information content (AvgIpc) is 3.08. The van der Waals surface area contributed by atoms with Gasteiger partial charge in [0.05, 0.1) is 6.07 Å². The average molecular weight is 314 g/mol. The molecular formula is C18H22N2O3. The summed E-state index contributed by atoms with van der Waals surface area (Å²) in [6.45, 7) is 3.95. The van der Waals surface area contributed by atoms with Gasteiger partial charge in [0.1, 0.15) is 11.1 Å². The number of rotatable bonds is 4. The van der Waals surface area contributed by atoms with E-state index >= 15 is 0 Å². The number of fused-ring (bicyclic) bond motifs is 1. The van der Waals surface area contributed by atoms with E-state index in [0.29, 0.717) is 18.6 Å². The van der Waals surface area contributed by atoms with Gasteiger partial charge in [-0.05, 0) is 45.6 Å². The minimum absolute atomic E-state index is 0.107. The second-order valence-electron chi connectivity index (χ2n) is 7.02. The highest BCUT2D eigenvalue weighted by molar-refractivity contribution is 5.79. The normalized spacial score (nSPS) is 20.2. The number of carbonyl (C=O) groups excluding carboxylic acids is 1. The van der Waals surface area contributed by atoms with Gasteiger partial charge in [0.15, 0.2) is 18.1 Å². The summed E-state index contributed by atoms with van der Waals surface area (Å²) in [5.41, 5.74) is 0.133. The van der Waals surface area contributed by atoms with E-state index in [4.69, 9.17) is 9.47 Å². The zero-order valence-corrected chi connectivity index (χ0v) is 13.6. The molecule has 0 bridgehead atoms. The van der Waals surface area contributed by atoms with E-state index < -0.39 is 5.54 Å². The molecule has 122 valence electrons. The van der Waals surface area contributed by atoms with E-state index in [1.54, 1.807) is 0 Å². The number of nitrogens with one attached hydrogen (secondary N) is 1. The molecule has 1 aliphatic carbocycles. The number of hydrogen-bond donors (Lipinski definition) is 1. The van der Waals surface area contributed by atoms with Crippen LogP contribution in [0.5, 0.6) is 11.5 Å². The van der Waals surface area contributed by atoms with Crippen molar-refractivity contribution < 1.29 is 14.3 Å². The van der Waals surface area contributed by atoms with Crippen molar-refractivity contribution in [2.45, 2.75) is 57.1 Å². The maximum atomic E-state index is 12.1. The molecule has 5 nitrogen and oxygen atoms in total. The highest BCUT2D eigenvalue weighted by atomic mass is 16.5. The Morgan fingerprint density at radius 1 is 1.39 bits per heavy atom. The van der Waals surface area contributed by atoms with Gasteiger partial charge in [-0.1, -0.05) is 12.1 Å². The van der Waals surface area contributed by atoms with Crippen molar-refractivity contribution in [3.8, 4) is 17.6 Å². The lowest BCUT2D eigenvalue weighted by Crippen LogP contribution is -2.47. The highest BCUT2D eigenvalue weighted by Gasteiger charge is 2.36. The summed E-state index contributed by atoms with van der Waals surface area (Å²) >= 11 is 0. The molecule has 1 N–H and O–H groups in total. The number of carbonyl (C=O) groups is 1. The van der Waals surface area contributed by atoms with E-state index in [2.05, 4.69) is 11.4 Å². The third-order valence-electron chi connectivity index (χ3n) is 4.46. The van der Waals surface area contributed by atoms with E-state index in [0.717, 1.165) is 30.6 Å². The fourth-order valence-corrected chi connectivity index (χ4v) is 3.39. The highest BCUT2D eigenvalue weighted by Crippen LogP contribution is 2.41. The summed E-state index contributed by atoms with van der Waals surface area (Å²) in [6.07, 6.45) is 4.21. The molecule has 3 rings (SSSR count). The summed E-state index contributed by atoms with van der Waals surface area (Å²) in [5, 5.41) is 12.1. The maximum Gasteiger partial charge on any atom is 0.259 e. The molecule has 0 atom stereocenters. The minimum Gasteiger partial charge on any atom is -0.483 e. The van der Waals surface area contributed by atoms with Crippen LogP contribution in [-0.4, -0.2) is 23.7 Å². The number of benzene rings is 1. The van der Waals surface area contributed by atoms with Crippen molar-refractivity contribution >= 4 is 5.91 Å². The Morgan fingerprint density at radius 3 is 2.83 bits per heavy atom. The Bertz CT molecular complexity index is 655. The number of nitrogens with zero attached hydrogens (tertiary/aromatic N) is 1. The van der Waals surface area contributed by atoms with Crippen LogP contribution in [0.1, 0.15) is 45.1 Å². The van der Waals surface area contributed by atoms with Gasteiger partial charge in [-0.2, -0.15) is 5.26 Å². The predicted molar refractivity (Wildman–Crippen MR) is 85.3 cm³/mol. The second-order valence-corrected chi connectivity index (χ2v) is 7.02. The van der Waals surface area contributed by atoms with Crippen LogP contribution in [0.3, 0.4) is 0 Å². The van der Waals surface area contributed by atoms with E-state index in [1.807, 2.05) is 32.0 Å². The Hall–Kier alpha value is -2.22. The summed E-state index contributed by atoms with van der Waals surface area (Å²) in [7, 11) is 0. The number of para-hydroxylation sites is 1. The molecule has 1 aromatic carbocycles. The summed E-state index contributed by atoms with van der Waals surface area (Å²) in [6, 6.07) is 7.98. The van der Waals surface area contributed by atoms with Crippen molar-refractivity contribution in [2.75, 3.05) is 6.61 Å². The number of nitriles is 1. The first-order chi connectivity index (χ1) is 10.9. The standard InChI is InChI=1S/C18H22N2O3/c1-17(2)10-13-6-5-7-14(16(13)23-17)22-11-15(21)20-18(12-19)8-3-4-9-18/h5-7H,3-4,8-11H2,1-2H3,(H,20,21). The lowest BCUT2D eigenvalue weighted by molar-refractivity contribution is -0.124. The maximum absolute atomic E-state index is 12.1. The smallest absolute Gasteiger partial charge is 0.259 e. The Morgan fingerprint density at radius 2 is 2.13 bits per heavy atom. The van der Waals surface area contributed by atoms with Crippen molar-refractivity contribution in [3.63, 3.8) is 0 Å². The molecular weight excluding hydrogens is 292 g/mol. The number of ether oxygens (including phenoxy) is 2. The van der Waals surface area contributed by atoms with Crippen LogP contribution >= 0.6 is 0 Å². The van der Waals surface area contributed by atoms with Crippen LogP contribution in [0.25, 0.3) is 0 Å². The Kier molecular flexibility index (Phi) is 3.93. The Labute approximate surface area is 136 Å². The third kappa shape index (κ3) is 3.26. The molecule has 1 fully saturated rings. The van der Waals surface area contributed by atoms with Crippen LogP contribution in [0.2, 0.25) is 0 Å². The minimum atomic E-state index is -0.711.